The van der Waals surface area contributed by atoms with Crippen LogP contribution in [0.5, 0.6) is 0 Å². The van der Waals surface area contributed by atoms with Gasteiger partial charge in [-0.25, -0.2) is 0 Å². The van der Waals surface area contributed by atoms with Gasteiger partial charge in [0.1, 0.15) is 5.92 Å². The third-order valence-electron chi connectivity index (χ3n) is 7.20. The van der Waals surface area contributed by atoms with Crippen LogP contribution in [0.25, 0.3) is 0 Å². The summed E-state index contributed by atoms with van der Waals surface area (Å²) in [6.07, 6.45) is 4.96. The number of thiophene rings is 1. The highest BCUT2D eigenvalue weighted by atomic mass is 32.1. The molecule has 0 bridgehead atoms. The van der Waals surface area contributed by atoms with E-state index in [1.54, 1.807) is 4.88 Å². The van der Waals surface area contributed by atoms with Crippen molar-refractivity contribution in [2.45, 2.75) is 44.6 Å². The highest BCUT2D eigenvalue weighted by molar-refractivity contribution is 7.12. The van der Waals surface area contributed by atoms with Crippen LogP contribution in [0.3, 0.4) is 0 Å². The Morgan fingerprint density at radius 3 is 2.83 bits per heavy atom. The van der Waals surface area contributed by atoms with E-state index < -0.39 is 5.92 Å². The first-order chi connectivity index (χ1) is 14.1. The van der Waals surface area contributed by atoms with E-state index in [1.165, 1.54) is 10.4 Å². The maximum Gasteiger partial charge on any atom is 0.235 e. The maximum absolute atomic E-state index is 12.5. The molecule has 1 spiro atoms. The van der Waals surface area contributed by atoms with Crippen LogP contribution in [0, 0.1) is 11.8 Å². The number of hydrogen-bond acceptors (Lipinski definition) is 5. The van der Waals surface area contributed by atoms with Crippen LogP contribution < -0.4 is 5.32 Å². The molecule has 6 nitrogen and oxygen atoms in total. The first kappa shape index (κ1) is 19.5. The molecule has 3 saturated heterocycles. The number of carbonyl (C=O) groups is 2. The monoisotopic (exact) mass is 417 g/mol. The lowest BCUT2D eigenvalue weighted by atomic mass is 9.81. The molecule has 0 aromatic carbocycles. The van der Waals surface area contributed by atoms with Gasteiger partial charge in [0.2, 0.25) is 11.8 Å². The minimum atomic E-state index is -0.443. The Morgan fingerprint density at radius 2 is 2.14 bits per heavy atom. The molecule has 4 aliphatic heterocycles. The summed E-state index contributed by atoms with van der Waals surface area (Å²) in [4.78, 5) is 31.6. The molecule has 7 heteroatoms. The fraction of sp³-hybridized carbons (Fsp3) is 0.727. The summed E-state index contributed by atoms with van der Waals surface area (Å²) in [7, 11) is 0. The molecule has 1 unspecified atom stereocenters. The van der Waals surface area contributed by atoms with E-state index >= 15 is 0 Å². The quantitative estimate of drug-likeness (QED) is 0.759. The van der Waals surface area contributed by atoms with E-state index in [-0.39, 0.29) is 17.4 Å². The number of nitrogens with one attached hydrogen (secondary N) is 1. The van der Waals surface area contributed by atoms with Gasteiger partial charge in [0.15, 0.2) is 0 Å². The number of carbonyl (C=O) groups excluding carboxylic acids is 2. The molecule has 4 aliphatic rings. The predicted octanol–water partition coefficient (Wildman–Crippen LogP) is 1.77. The van der Waals surface area contributed by atoms with Gasteiger partial charge in [-0.15, -0.1) is 11.3 Å². The summed E-state index contributed by atoms with van der Waals surface area (Å²) in [6.45, 7) is 8.50. The third kappa shape index (κ3) is 3.51. The van der Waals surface area contributed by atoms with Crippen molar-refractivity contribution in [3.8, 4) is 0 Å². The summed E-state index contributed by atoms with van der Waals surface area (Å²) in [5, 5.41) is 2.77. The standard InChI is InChI=1S/C22H31N3O3S/c1-2-16-11-18-19(29-16)4-10-28-22(18)5-8-24(9-6-22)12-15-13-25(14-15)21(27)17-3-7-23-20(17)26/h11,15,17H,2-10,12-14H2,1H3,(H,23,26). The van der Waals surface area contributed by atoms with Crippen LogP contribution in [0.1, 0.15) is 41.5 Å². The summed E-state index contributed by atoms with van der Waals surface area (Å²) in [5.74, 6) is 0.0302. The molecule has 0 aliphatic carbocycles. The van der Waals surface area contributed by atoms with Crippen molar-refractivity contribution in [1.82, 2.24) is 15.1 Å². The van der Waals surface area contributed by atoms with Gasteiger partial charge in [-0.2, -0.15) is 0 Å². The highest BCUT2D eigenvalue weighted by Gasteiger charge is 2.44. The molecule has 29 heavy (non-hydrogen) atoms. The van der Waals surface area contributed by atoms with Crippen LogP contribution in [-0.2, 0) is 32.8 Å². The lowest BCUT2D eigenvalue weighted by Gasteiger charge is -2.47. The number of nitrogens with zero attached hydrogens (tertiary/aromatic N) is 2. The Hall–Kier alpha value is -1.44. The van der Waals surface area contributed by atoms with Gasteiger partial charge in [0.05, 0.1) is 12.2 Å². The fourth-order valence-electron chi connectivity index (χ4n) is 5.44. The van der Waals surface area contributed by atoms with E-state index in [0.717, 1.165) is 65.0 Å². The van der Waals surface area contributed by atoms with Crippen LogP contribution >= 0.6 is 11.3 Å². The topological polar surface area (TPSA) is 61.9 Å². The molecule has 1 N–H and O–H groups in total. The van der Waals surface area contributed by atoms with Gasteiger partial charge >= 0.3 is 0 Å². The van der Waals surface area contributed by atoms with E-state index in [4.69, 9.17) is 4.74 Å². The molecule has 1 aromatic rings. The van der Waals surface area contributed by atoms with Crippen LogP contribution in [0.4, 0.5) is 0 Å². The van der Waals surface area contributed by atoms with E-state index in [9.17, 15) is 9.59 Å². The molecule has 2 amide bonds. The van der Waals surface area contributed by atoms with E-state index in [1.807, 2.05) is 16.2 Å². The van der Waals surface area contributed by atoms with Crippen molar-refractivity contribution in [2.24, 2.45) is 11.8 Å². The number of hydrogen-bond donors (Lipinski definition) is 1. The zero-order chi connectivity index (χ0) is 20.0. The number of likely N-dealkylation sites (tertiary alicyclic amines) is 2. The Morgan fingerprint density at radius 1 is 1.34 bits per heavy atom. The van der Waals surface area contributed by atoms with Gasteiger partial charge in [-0.1, -0.05) is 6.92 Å². The summed E-state index contributed by atoms with van der Waals surface area (Å²) >= 11 is 1.98. The molecule has 5 rings (SSSR count). The molecule has 3 fully saturated rings. The third-order valence-corrected chi connectivity index (χ3v) is 8.54. The molecule has 158 valence electrons. The van der Waals surface area contributed by atoms with Crippen molar-refractivity contribution in [1.29, 1.82) is 0 Å². The molecule has 1 aromatic heterocycles. The second-order valence-electron chi connectivity index (χ2n) is 9.04. The van der Waals surface area contributed by atoms with Crippen LogP contribution in [-0.4, -0.2) is 67.5 Å². The second-order valence-corrected chi connectivity index (χ2v) is 10.3. The lowest BCUT2D eigenvalue weighted by molar-refractivity contribution is -0.146. The average molecular weight is 418 g/mol. The summed E-state index contributed by atoms with van der Waals surface area (Å²) in [6, 6.07) is 2.41. The molecular formula is C22H31N3O3S. The first-order valence-corrected chi connectivity index (χ1v) is 11.9. The first-order valence-electron chi connectivity index (χ1n) is 11.1. The number of rotatable bonds is 4. The Bertz CT molecular complexity index is 793. The lowest BCUT2D eigenvalue weighted by Crippen LogP contribution is -2.57. The Balaban J connectivity index is 1.13. The van der Waals surface area contributed by atoms with Gasteiger partial charge in [0, 0.05) is 61.4 Å². The minimum absolute atomic E-state index is 0.0289. The predicted molar refractivity (Wildman–Crippen MR) is 112 cm³/mol. The van der Waals surface area contributed by atoms with Crippen molar-refractivity contribution < 1.29 is 14.3 Å². The van der Waals surface area contributed by atoms with Crippen molar-refractivity contribution in [3.05, 3.63) is 21.4 Å². The van der Waals surface area contributed by atoms with Crippen LogP contribution in [0.2, 0.25) is 0 Å². The second kappa shape index (κ2) is 7.67. The Kier molecular flexibility index (Phi) is 5.16. The number of aryl methyl sites for hydroxylation is 1. The fourth-order valence-corrected chi connectivity index (χ4v) is 6.62. The van der Waals surface area contributed by atoms with Gasteiger partial charge in [-0.05, 0) is 37.3 Å². The van der Waals surface area contributed by atoms with Crippen molar-refractivity contribution in [2.75, 3.05) is 45.9 Å². The van der Waals surface area contributed by atoms with Gasteiger partial charge in [-0.3, -0.25) is 9.59 Å². The summed E-state index contributed by atoms with van der Waals surface area (Å²) < 4.78 is 6.39. The molecule has 1 atom stereocenters. The normalized spacial score (nSPS) is 27.0. The number of fused-ring (bicyclic) bond motifs is 2. The maximum atomic E-state index is 12.5. The van der Waals surface area contributed by atoms with Crippen molar-refractivity contribution in [3.63, 3.8) is 0 Å². The van der Waals surface area contributed by atoms with Gasteiger partial charge in [0.25, 0.3) is 0 Å². The number of piperidine rings is 1. The largest absolute Gasteiger partial charge is 0.370 e. The average Bonchev–Trinajstić information content (AvgIpc) is 3.32. The zero-order valence-electron chi connectivity index (χ0n) is 17.2. The molecule has 5 heterocycles. The number of amides is 2. The summed E-state index contributed by atoms with van der Waals surface area (Å²) in [5.41, 5.74) is 1.41. The van der Waals surface area contributed by atoms with E-state index in [0.29, 0.717) is 18.9 Å². The van der Waals surface area contributed by atoms with E-state index in [2.05, 4.69) is 23.2 Å². The molecule has 0 saturated carbocycles. The Labute approximate surface area is 176 Å². The van der Waals surface area contributed by atoms with Crippen LogP contribution in [0.15, 0.2) is 6.07 Å². The molecular weight excluding hydrogens is 386 g/mol. The smallest absolute Gasteiger partial charge is 0.235 e. The minimum Gasteiger partial charge on any atom is -0.370 e. The SMILES string of the molecule is CCc1cc2c(s1)CCOC21CCN(CC2CN(C(=O)C3CCNC3=O)C2)CC1. The van der Waals surface area contributed by atoms with Crippen molar-refractivity contribution >= 4 is 23.2 Å². The highest BCUT2D eigenvalue weighted by Crippen LogP contribution is 2.44. The zero-order valence-corrected chi connectivity index (χ0v) is 18.1. The number of ether oxygens (including phenoxy) is 1. The van der Waals surface area contributed by atoms with Gasteiger partial charge < -0.3 is 19.9 Å². The molecule has 0 radical (unpaired) electrons.